The van der Waals surface area contributed by atoms with Crippen LogP contribution < -0.4 is 16.0 Å². The van der Waals surface area contributed by atoms with Crippen molar-refractivity contribution in [3.8, 4) is 0 Å². The average molecular weight is 477 g/mol. The lowest BCUT2D eigenvalue weighted by atomic mass is 9.90. The van der Waals surface area contributed by atoms with Gasteiger partial charge >= 0.3 is 6.18 Å². The molecule has 0 spiro atoms. The van der Waals surface area contributed by atoms with Crippen molar-refractivity contribution in [3.63, 3.8) is 0 Å². The molecule has 0 bridgehead atoms. The number of aromatic nitrogens is 1. The van der Waals surface area contributed by atoms with E-state index >= 15 is 0 Å². The molecule has 1 fully saturated rings. The summed E-state index contributed by atoms with van der Waals surface area (Å²) in [7, 11) is 1.79. The van der Waals surface area contributed by atoms with Gasteiger partial charge in [-0.25, -0.2) is 4.98 Å². The summed E-state index contributed by atoms with van der Waals surface area (Å²) in [4.78, 5) is 16.3. The summed E-state index contributed by atoms with van der Waals surface area (Å²) >= 11 is 6.08. The number of halogens is 4. The molecule has 1 aliphatic carbocycles. The monoisotopic (exact) mass is 476 g/mol. The minimum absolute atomic E-state index is 0.0168. The third kappa shape index (κ3) is 5.50. The molecule has 1 aromatic heterocycles. The van der Waals surface area contributed by atoms with Crippen LogP contribution in [0.4, 0.5) is 24.5 Å². The van der Waals surface area contributed by atoms with E-state index < -0.39 is 11.9 Å². The summed E-state index contributed by atoms with van der Waals surface area (Å²) in [5.41, 5.74) is 1.11. The van der Waals surface area contributed by atoms with Crippen LogP contribution in [0.1, 0.15) is 41.7 Å². The molecule has 33 heavy (non-hydrogen) atoms. The number of nitrogens with one attached hydrogen (secondary N) is 3. The Hall–Kier alpha value is -3.00. The van der Waals surface area contributed by atoms with Gasteiger partial charge in [-0.15, -0.1) is 0 Å². The molecular formula is C24H24ClF3N4O. The molecular weight excluding hydrogens is 453 g/mol. The normalized spacial score (nSPS) is 18.7. The summed E-state index contributed by atoms with van der Waals surface area (Å²) in [6.07, 6.45) is -1.66. The third-order valence-corrected chi connectivity index (χ3v) is 6.13. The molecule has 1 amide bonds. The highest BCUT2D eigenvalue weighted by molar-refractivity contribution is 6.31. The lowest BCUT2D eigenvalue weighted by Crippen LogP contribution is -2.40. The van der Waals surface area contributed by atoms with Crippen LogP contribution in [-0.4, -0.2) is 30.0 Å². The zero-order valence-corrected chi connectivity index (χ0v) is 18.7. The number of benzene rings is 2. The van der Waals surface area contributed by atoms with Crippen LogP contribution in [0.15, 0.2) is 48.5 Å². The van der Waals surface area contributed by atoms with E-state index in [4.69, 9.17) is 11.6 Å². The zero-order valence-electron chi connectivity index (χ0n) is 18.0. The van der Waals surface area contributed by atoms with Gasteiger partial charge in [0.05, 0.1) is 5.52 Å². The van der Waals surface area contributed by atoms with Crippen LogP contribution in [0.25, 0.3) is 10.9 Å². The first-order chi connectivity index (χ1) is 15.7. The van der Waals surface area contributed by atoms with E-state index in [1.54, 1.807) is 25.2 Å². The number of alkyl halides is 3. The number of hydrogen-bond acceptors (Lipinski definition) is 4. The minimum atomic E-state index is -4.54. The van der Waals surface area contributed by atoms with Crippen molar-refractivity contribution in [2.24, 2.45) is 0 Å². The van der Waals surface area contributed by atoms with Gasteiger partial charge in [-0.05, 0) is 68.1 Å². The Kier molecular flexibility index (Phi) is 6.65. The molecule has 1 heterocycles. The second-order valence-corrected chi connectivity index (χ2v) is 8.65. The fourth-order valence-electron chi connectivity index (χ4n) is 4.15. The van der Waals surface area contributed by atoms with Crippen LogP contribution in [-0.2, 0) is 6.18 Å². The van der Waals surface area contributed by atoms with E-state index in [0.29, 0.717) is 34.5 Å². The van der Waals surface area contributed by atoms with Crippen molar-refractivity contribution >= 4 is 39.8 Å². The summed E-state index contributed by atoms with van der Waals surface area (Å²) in [6, 6.07) is 12.9. The lowest BCUT2D eigenvalue weighted by molar-refractivity contribution is -0.140. The molecule has 1 saturated carbocycles. The van der Waals surface area contributed by atoms with Gasteiger partial charge in [0, 0.05) is 46.5 Å². The zero-order chi connectivity index (χ0) is 23.6. The maximum atomic E-state index is 13.4. The highest BCUT2D eigenvalue weighted by atomic mass is 35.5. The quantitative estimate of drug-likeness (QED) is 0.416. The molecule has 2 aromatic carbocycles. The number of hydrogen-bond donors (Lipinski definition) is 3. The van der Waals surface area contributed by atoms with Gasteiger partial charge in [0.1, 0.15) is 5.69 Å². The summed E-state index contributed by atoms with van der Waals surface area (Å²) in [5, 5.41) is 10.3. The van der Waals surface area contributed by atoms with Crippen molar-refractivity contribution in [1.82, 2.24) is 10.3 Å². The Morgan fingerprint density at radius 1 is 1.03 bits per heavy atom. The predicted molar refractivity (Wildman–Crippen MR) is 125 cm³/mol. The molecule has 9 heteroatoms. The van der Waals surface area contributed by atoms with Crippen molar-refractivity contribution in [1.29, 1.82) is 0 Å². The van der Waals surface area contributed by atoms with Gasteiger partial charge in [-0.2, -0.15) is 13.2 Å². The van der Waals surface area contributed by atoms with Crippen LogP contribution in [0.5, 0.6) is 0 Å². The highest BCUT2D eigenvalue weighted by Gasteiger charge is 2.34. The first-order valence-electron chi connectivity index (χ1n) is 10.8. The molecule has 1 aliphatic rings. The molecule has 174 valence electrons. The number of carbonyl (C=O) groups is 1. The smallest absolute Gasteiger partial charge is 0.388 e. The first kappa shape index (κ1) is 23.2. The summed E-state index contributed by atoms with van der Waals surface area (Å²) < 4.78 is 40.1. The summed E-state index contributed by atoms with van der Waals surface area (Å²) in [6.45, 7) is 0. The molecule has 5 nitrogen and oxygen atoms in total. The van der Waals surface area contributed by atoms with Crippen molar-refractivity contribution in [2.45, 2.75) is 43.9 Å². The molecule has 0 atom stereocenters. The maximum Gasteiger partial charge on any atom is 0.433 e. The van der Waals surface area contributed by atoms with E-state index in [0.717, 1.165) is 24.6 Å². The Morgan fingerprint density at radius 2 is 1.76 bits per heavy atom. The van der Waals surface area contributed by atoms with Gasteiger partial charge < -0.3 is 16.0 Å². The van der Waals surface area contributed by atoms with Gasteiger partial charge in [-0.1, -0.05) is 17.7 Å². The van der Waals surface area contributed by atoms with Crippen LogP contribution in [0.3, 0.4) is 0 Å². The molecule has 3 aromatic rings. The molecule has 0 unspecified atom stereocenters. The van der Waals surface area contributed by atoms with Crippen LogP contribution >= 0.6 is 11.6 Å². The number of pyridine rings is 1. The molecule has 4 rings (SSSR count). The number of amides is 1. The van der Waals surface area contributed by atoms with Crippen LogP contribution in [0.2, 0.25) is 5.02 Å². The second-order valence-electron chi connectivity index (χ2n) is 8.21. The highest BCUT2D eigenvalue weighted by Crippen LogP contribution is 2.35. The van der Waals surface area contributed by atoms with Gasteiger partial charge in [0.15, 0.2) is 0 Å². The first-order valence-corrected chi connectivity index (χ1v) is 11.1. The average Bonchev–Trinajstić information content (AvgIpc) is 2.80. The third-order valence-electron chi connectivity index (χ3n) is 5.90. The molecule has 0 radical (unpaired) electrons. The number of anilines is 2. The maximum absolute atomic E-state index is 13.4. The predicted octanol–water partition coefficient (Wildman–Crippen LogP) is 6.10. The van der Waals surface area contributed by atoms with E-state index in [-0.39, 0.29) is 23.5 Å². The summed E-state index contributed by atoms with van der Waals surface area (Å²) in [5.74, 6) is -0.131. The minimum Gasteiger partial charge on any atom is -0.388 e. The molecule has 3 N–H and O–H groups in total. The lowest BCUT2D eigenvalue weighted by Gasteiger charge is -2.31. The second kappa shape index (κ2) is 9.47. The van der Waals surface area contributed by atoms with Crippen molar-refractivity contribution < 1.29 is 18.0 Å². The Balaban J connectivity index is 1.43. The fraction of sp³-hybridized carbons (Fsp3) is 0.333. The van der Waals surface area contributed by atoms with Crippen LogP contribution in [0, 0.1) is 0 Å². The van der Waals surface area contributed by atoms with Gasteiger partial charge in [-0.3, -0.25) is 4.79 Å². The van der Waals surface area contributed by atoms with Gasteiger partial charge in [0.25, 0.3) is 5.91 Å². The van der Waals surface area contributed by atoms with E-state index in [2.05, 4.69) is 20.9 Å². The topological polar surface area (TPSA) is 66.1 Å². The van der Waals surface area contributed by atoms with E-state index in [1.807, 2.05) is 12.1 Å². The Bertz CT molecular complexity index is 1160. The van der Waals surface area contributed by atoms with Gasteiger partial charge in [0.2, 0.25) is 0 Å². The number of rotatable bonds is 5. The standard InChI is InChI=1S/C24H24ClF3N4O/c1-29-18-4-2-3-14(11-18)23(33)31-17-8-6-16(7-9-17)30-21-13-22(24(26,27)28)32-20-10-5-15(25)12-19(20)21/h2-5,10-13,16-17,29H,6-9H2,1H3,(H,30,32)(H,31,33)/t16-,17+. The number of carbonyl (C=O) groups excluding carboxylic acids is 1. The Labute approximate surface area is 194 Å². The number of nitrogens with zero attached hydrogens (tertiary/aromatic N) is 1. The van der Waals surface area contributed by atoms with Crippen molar-refractivity contribution in [3.05, 3.63) is 64.8 Å². The number of fused-ring (bicyclic) bond motifs is 1. The van der Waals surface area contributed by atoms with E-state index in [1.165, 1.54) is 12.1 Å². The van der Waals surface area contributed by atoms with Crippen molar-refractivity contribution in [2.75, 3.05) is 17.7 Å². The molecule has 0 aliphatic heterocycles. The van der Waals surface area contributed by atoms with E-state index in [9.17, 15) is 18.0 Å². The Morgan fingerprint density at radius 3 is 2.45 bits per heavy atom. The largest absolute Gasteiger partial charge is 0.433 e. The molecule has 0 saturated heterocycles. The fourth-order valence-corrected chi connectivity index (χ4v) is 4.32. The SMILES string of the molecule is CNc1cccc(C(=O)N[C@H]2CC[C@@H](Nc3cc(C(F)(F)F)nc4ccc(Cl)cc34)CC2)c1.